The lowest BCUT2D eigenvalue weighted by Crippen LogP contribution is -2.55. The third-order valence-corrected chi connectivity index (χ3v) is 5.79. The third kappa shape index (κ3) is 6.32. The van der Waals surface area contributed by atoms with Gasteiger partial charge in [0.1, 0.15) is 0 Å². The van der Waals surface area contributed by atoms with Crippen LogP contribution in [0.5, 0.6) is 0 Å². The molecule has 1 aromatic carbocycles. The van der Waals surface area contributed by atoms with E-state index in [2.05, 4.69) is 20.0 Å². The summed E-state index contributed by atoms with van der Waals surface area (Å²) in [6, 6.07) is 8.06. The second kappa shape index (κ2) is 10.3. The molecule has 3 rings (SSSR count). The van der Waals surface area contributed by atoms with Gasteiger partial charge in [-0.1, -0.05) is 23.7 Å². The second-order valence-electron chi connectivity index (χ2n) is 8.09. The summed E-state index contributed by atoms with van der Waals surface area (Å²) in [5.41, 5.74) is 1.07. The van der Waals surface area contributed by atoms with Crippen LogP contribution in [0.3, 0.4) is 0 Å². The first-order chi connectivity index (χ1) is 13.9. The van der Waals surface area contributed by atoms with E-state index in [0.717, 1.165) is 50.0 Å². The van der Waals surface area contributed by atoms with Gasteiger partial charge < -0.3 is 15.1 Å². The van der Waals surface area contributed by atoms with Gasteiger partial charge in [-0.2, -0.15) is 0 Å². The second-order valence-corrected chi connectivity index (χ2v) is 8.50. The number of nitrogens with zero attached hydrogens (tertiary/aromatic N) is 4. The van der Waals surface area contributed by atoms with Crippen LogP contribution in [-0.2, 0) is 9.59 Å². The molecule has 7 nitrogen and oxygen atoms in total. The molecule has 0 aromatic heterocycles. The smallest absolute Gasteiger partial charge is 0.236 e. The van der Waals surface area contributed by atoms with Gasteiger partial charge >= 0.3 is 0 Å². The van der Waals surface area contributed by atoms with Gasteiger partial charge in [-0.15, -0.1) is 0 Å². The Labute approximate surface area is 178 Å². The summed E-state index contributed by atoms with van der Waals surface area (Å²) >= 11 is 6.30. The Hall–Kier alpha value is -1.83. The zero-order valence-electron chi connectivity index (χ0n) is 17.4. The quantitative estimate of drug-likeness (QED) is 0.746. The number of rotatable bonds is 6. The van der Waals surface area contributed by atoms with Gasteiger partial charge in [0, 0.05) is 58.4 Å². The molecule has 0 saturated carbocycles. The molecule has 1 aromatic rings. The number of hydrogen-bond acceptors (Lipinski definition) is 5. The molecule has 2 fully saturated rings. The molecule has 0 atom stereocenters. The monoisotopic (exact) mass is 421 g/mol. The fourth-order valence-corrected chi connectivity index (χ4v) is 4.13. The molecule has 0 radical (unpaired) electrons. The van der Waals surface area contributed by atoms with Crippen LogP contribution in [0.4, 0.5) is 5.69 Å². The van der Waals surface area contributed by atoms with Crippen LogP contribution in [0.1, 0.15) is 13.8 Å². The lowest BCUT2D eigenvalue weighted by molar-refractivity contribution is -0.134. The maximum absolute atomic E-state index is 12.7. The third-order valence-electron chi connectivity index (χ3n) is 5.47. The van der Waals surface area contributed by atoms with E-state index >= 15 is 0 Å². The molecule has 0 bridgehead atoms. The highest BCUT2D eigenvalue weighted by Gasteiger charge is 2.26. The van der Waals surface area contributed by atoms with E-state index in [9.17, 15) is 9.59 Å². The van der Waals surface area contributed by atoms with Crippen LogP contribution in [0, 0.1) is 0 Å². The van der Waals surface area contributed by atoms with E-state index in [4.69, 9.17) is 11.6 Å². The van der Waals surface area contributed by atoms with Crippen molar-refractivity contribution in [2.24, 2.45) is 0 Å². The standard InChI is InChI=1S/C21H32ClN5O2/c1-17(2)23-20(28)15-24-9-13-27(14-10-24)21(29)16-25-7-11-26(12-8-25)19-6-4-3-5-18(19)22/h3-6,17H,7-16H2,1-2H3,(H,23,28). The number of anilines is 1. The Morgan fingerprint density at radius 3 is 2.14 bits per heavy atom. The summed E-state index contributed by atoms with van der Waals surface area (Å²) in [6.07, 6.45) is 0. The number of piperazine rings is 2. The van der Waals surface area contributed by atoms with Gasteiger partial charge in [0.2, 0.25) is 11.8 Å². The van der Waals surface area contributed by atoms with Crippen LogP contribution in [0.15, 0.2) is 24.3 Å². The zero-order valence-corrected chi connectivity index (χ0v) is 18.2. The Morgan fingerprint density at radius 1 is 0.931 bits per heavy atom. The van der Waals surface area contributed by atoms with Crippen molar-refractivity contribution in [2.75, 3.05) is 70.3 Å². The minimum atomic E-state index is 0.0520. The van der Waals surface area contributed by atoms with Crippen LogP contribution in [0.2, 0.25) is 5.02 Å². The Balaban J connectivity index is 1.38. The normalized spacial score (nSPS) is 18.9. The number of carbonyl (C=O) groups excluding carboxylic acids is 2. The lowest BCUT2D eigenvalue weighted by atomic mass is 10.2. The highest BCUT2D eigenvalue weighted by molar-refractivity contribution is 6.33. The molecule has 2 aliphatic heterocycles. The summed E-state index contributed by atoms with van der Waals surface area (Å²) in [7, 11) is 0. The van der Waals surface area contributed by atoms with Crippen LogP contribution >= 0.6 is 11.6 Å². The highest BCUT2D eigenvalue weighted by Crippen LogP contribution is 2.26. The molecule has 0 spiro atoms. The fourth-order valence-electron chi connectivity index (χ4n) is 3.87. The Morgan fingerprint density at radius 2 is 1.52 bits per heavy atom. The molecule has 8 heteroatoms. The van der Waals surface area contributed by atoms with E-state index in [1.807, 2.05) is 43.0 Å². The molecule has 0 unspecified atom stereocenters. The van der Waals surface area contributed by atoms with Gasteiger partial charge in [-0.05, 0) is 26.0 Å². The van der Waals surface area contributed by atoms with Crippen LogP contribution < -0.4 is 10.2 Å². The van der Waals surface area contributed by atoms with Crippen molar-refractivity contribution in [1.29, 1.82) is 0 Å². The SMILES string of the molecule is CC(C)NC(=O)CN1CCN(C(=O)CN2CCN(c3ccccc3Cl)CC2)CC1. The first kappa shape index (κ1) is 21.9. The Bertz CT molecular complexity index is 698. The molecule has 160 valence electrons. The predicted octanol–water partition coefficient (Wildman–Crippen LogP) is 1.13. The van der Waals surface area contributed by atoms with E-state index in [1.54, 1.807) is 0 Å². The maximum Gasteiger partial charge on any atom is 0.236 e. The van der Waals surface area contributed by atoms with E-state index in [0.29, 0.717) is 26.2 Å². The van der Waals surface area contributed by atoms with E-state index in [1.165, 1.54) is 0 Å². The average molecular weight is 422 g/mol. The van der Waals surface area contributed by atoms with Crippen molar-refractivity contribution in [1.82, 2.24) is 20.0 Å². The van der Waals surface area contributed by atoms with Crippen molar-refractivity contribution >= 4 is 29.1 Å². The van der Waals surface area contributed by atoms with Crippen LogP contribution in [-0.4, -0.2) is 98.0 Å². The molecular weight excluding hydrogens is 390 g/mol. The highest BCUT2D eigenvalue weighted by atomic mass is 35.5. The molecule has 0 aliphatic carbocycles. The lowest BCUT2D eigenvalue weighted by Gasteiger charge is -2.38. The number of hydrogen-bond donors (Lipinski definition) is 1. The van der Waals surface area contributed by atoms with Gasteiger partial charge in [0.05, 0.1) is 23.8 Å². The molecule has 1 N–H and O–H groups in total. The summed E-state index contributed by atoms with van der Waals surface area (Å²) < 4.78 is 0. The van der Waals surface area contributed by atoms with Gasteiger partial charge in [-0.25, -0.2) is 0 Å². The number of amides is 2. The first-order valence-electron chi connectivity index (χ1n) is 10.4. The summed E-state index contributed by atoms with van der Waals surface area (Å²) in [5, 5.41) is 3.69. The number of nitrogens with one attached hydrogen (secondary N) is 1. The first-order valence-corrected chi connectivity index (χ1v) is 10.8. The van der Waals surface area contributed by atoms with Gasteiger partial charge in [-0.3, -0.25) is 19.4 Å². The minimum absolute atomic E-state index is 0.0520. The van der Waals surface area contributed by atoms with Crippen molar-refractivity contribution < 1.29 is 9.59 Å². The molecule has 2 amide bonds. The Kier molecular flexibility index (Phi) is 7.75. The van der Waals surface area contributed by atoms with Crippen molar-refractivity contribution in [3.63, 3.8) is 0 Å². The zero-order chi connectivity index (χ0) is 20.8. The fraction of sp³-hybridized carbons (Fsp3) is 0.619. The summed E-state index contributed by atoms with van der Waals surface area (Å²) in [6.45, 7) is 11.1. The summed E-state index contributed by atoms with van der Waals surface area (Å²) in [5.74, 6) is 0.235. The van der Waals surface area contributed by atoms with Crippen molar-refractivity contribution in [2.45, 2.75) is 19.9 Å². The van der Waals surface area contributed by atoms with Crippen molar-refractivity contribution in [3.8, 4) is 0 Å². The number of carbonyl (C=O) groups is 2. The number of para-hydroxylation sites is 1. The van der Waals surface area contributed by atoms with Gasteiger partial charge in [0.25, 0.3) is 0 Å². The summed E-state index contributed by atoms with van der Waals surface area (Å²) in [4.78, 5) is 33.1. The van der Waals surface area contributed by atoms with E-state index < -0.39 is 0 Å². The maximum atomic E-state index is 12.7. The average Bonchev–Trinajstić information content (AvgIpc) is 2.69. The number of benzene rings is 1. The predicted molar refractivity (Wildman–Crippen MR) is 116 cm³/mol. The molecular formula is C21H32ClN5O2. The number of halogens is 1. The van der Waals surface area contributed by atoms with Gasteiger partial charge in [0.15, 0.2) is 0 Å². The van der Waals surface area contributed by atoms with E-state index in [-0.39, 0.29) is 17.9 Å². The molecule has 29 heavy (non-hydrogen) atoms. The molecule has 2 saturated heterocycles. The molecule has 2 heterocycles. The molecule has 2 aliphatic rings. The van der Waals surface area contributed by atoms with Crippen LogP contribution in [0.25, 0.3) is 0 Å². The van der Waals surface area contributed by atoms with Crippen molar-refractivity contribution in [3.05, 3.63) is 29.3 Å². The minimum Gasteiger partial charge on any atom is -0.368 e. The largest absolute Gasteiger partial charge is 0.368 e. The topological polar surface area (TPSA) is 59.1 Å².